The quantitative estimate of drug-likeness (QED) is 0.832. The largest absolute Gasteiger partial charge is 0.223 e. The lowest BCUT2D eigenvalue weighted by Gasteiger charge is -2.16. The lowest BCUT2D eigenvalue weighted by atomic mass is 10.4. The van der Waals surface area contributed by atoms with E-state index in [-0.39, 0.29) is 16.7 Å². The second-order valence-electron chi connectivity index (χ2n) is 5.37. The monoisotopic (exact) mass is 315 g/mol. The lowest BCUT2D eigenvalue weighted by Crippen LogP contribution is -2.34. The van der Waals surface area contributed by atoms with Crippen LogP contribution in [0.5, 0.6) is 0 Å². The zero-order chi connectivity index (χ0) is 14.4. The molecule has 110 valence electrons. The van der Waals surface area contributed by atoms with Crippen LogP contribution < -0.4 is 0 Å². The van der Waals surface area contributed by atoms with E-state index in [1.165, 1.54) is 4.31 Å². The summed E-state index contributed by atoms with van der Waals surface area (Å²) in [7, 11) is -6.72. The van der Waals surface area contributed by atoms with Gasteiger partial charge < -0.3 is 0 Å². The fourth-order valence-electron chi connectivity index (χ4n) is 2.56. The number of benzene rings is 1. The molecule has 0 radical (unpaired) electrons. The third-order valence-corrected chi connectivity index (χ3v) is 8.48. The second-order valence-corrected chi connectivity index (χ2v) is 9.81. The SMILES string of the molecule is O=S(=O)(c1ccccc1)C1CCN(S(=O)(=O)C2CC2)C1. The molecule has 2 fully saturated rings. The highest BCUT2D eigenvalue weighted by molar-refractivity contribution is 7.92. The van der Waals surface area contributed by atoms with Crippen LogP contribution in [0.3, 0.4) is 0 Å². The molecule has 0 N–H and O–H groups in total. The van der Waals surface area contributed by atoms with E-state index in [4.69, 9.17) is 0 Å². The Morgan fingerprint density at radius 2 is 1.55 bits per heavy atom. The molecule has 1 saturated heterocycles. The van der Waals surface area contributed by atoms with Crippen molar-refractivity contribution in [2.75, 3.05) is 13.1 Å². The van der Waals surface area contributed by atoms with Crippen LogP contribution in [0.15, 0.2) is 35.2 Å². The Bertz CT molecular complexity index is 693. The smallest absolute Gasteiger partial charge is 0.217 e. The van der Waals surface area contributed by atoms with Gasteiger partial charge in [-0.1, -0.05) is 18.2 Å². The van der Waals surface area contributed by atoms with Gasteiger partial charge in [-0.05, 0) is 31.4 Å². The zero-order valence-corrected chi connectivity index (χ0v) is 12.6. The van der Waals surface area contributed by atoms with Crippen molar-refractivity contribution in [3.8, 4) is 0 Å². The highest BCUT2D eigenvalue weighted by Crippen LogP contribution is 2.34. The van der Waals surface area contributed by atoms with Crippen molar-refractivity contribution >= 4 is 19.9 Å². The molecule has 0 bridgehead atoms. The van der Waals surface area contributed by atoms with Gasteiger partial charge >= 0.3 is 0 Å². The minimum atomic E-state index is -3.44. The maximum Gasteiger partial charge on any atom is 0.217 e. The average Bonchev–Trinajstić information content (AvgIpc) is 3.17. The fraction of sp³-hybridized carbons (Fsp3) is 0.538. The van der Waals surface area contributed by atoms with Crippen molar-refractivity contribution in [3.05, 3.63) is 30.3 Å². The minimum absolute atomic E-state index is 0.0933. The predicted octanol–water partition coefficient (Wildman–Crippen LogP) is 1.03. The minimum Gasteiger partial charge on any atom is -0.223 e. The highest BCUT2D eigenvalue weighted by atomic mass is 32.2. The predicted molar refractivity (Wildman–Crippen MR) is 75.5 cm³/mol. The van der Waals surface area contributed by atoms with Gasteiger partial charge in [0.15, 0.2) is 9.84 Å². The molecule has 1 aliphatic carbocycles. The summed E-state index contributed by atoms with van der Waals surface area (Å²) in [5.41, 5.74) is 0. The first-order chi connectivity index (χ1) is 9.42. The molecule has 3 rings (SSSR count). The van der Waals surface area contributed by atoms with Gasteiger partial charge in [0.05, 0.1) is 15.4 Å². The molecule has 1 heterocycles. The van der Waals surface area contributed by atoms with Gasteiger partial charge in [0.2, 0.25) is 10.0 Å². The Balaban J connectivity index is 1.81. The first kappa shape index (κ1) is 14.0. The number of sulfonamides is 1. The van der Waals surface area contributed by atoms with Crippen LogP contribution in [0.2, 0.25) is 0 Å². The van der Waals surface area contributed by atoms with Crippen molar-refractivity contribution in [1.29, 1.82) is 0 Å². The number of nitrogens with zero attached hydrogens (tertiary/aromatic N) is 1. The van der Waals surface area contributed by atoms with Crippen LogP contribution in [0.1, 0.15) is 19.3 Å². The van der Waals surface area contributed by atoms with Crippen molar-refractivity contribution < 1.29 is 16.8 Å². The molecule has 1 saturated carbocycles. The first-order valence-corrected chi connectivity index (χ1v) is 9.75. The molecule has 5 nitrogen and oxygen atoms in total. The lowest BCUT2D eigenvalue weighted by molar-refractivity contribution is 0.475. The van der Waals surface area contributed by atoms with Crippen LogP contribution in [0.25, 0.3) is 0 Å². The number of hydrogen-bond acceptors (Lipinski definition) is 4. The summed E-state index contributed by atoms with van der Waals surface area (Å²) in [5, 5.41) is -0.904. The normalized spacial score (nSPS) is 24.9. The molecule has 0 aromatic heterocycles. The summed E-state index contributed by atoms with van der Waals surface area (Å²) < 4.78 is 50.6. The molecule has 1 atom stereocenters. The zero-order valence-electron chi connectivity index (χ0n) is 11.0. The third kappa shape index (κ3) is 2.38. The van der Waals surface area contributed by atoms with E-state index < -0.39 is 25.1 Å². The summed E-state index contributed by atoms with van der Waals surface area (Å²) in [4.78, 5) is 0.274. The summed E-state index contributed by atoms with van der Waals surface area (Å²) in [5.74, 6) is 0. The van der Waals surface area contributed by atoms with E-state index in [0.717, 1.165) is 0 Å². The molecule has 20 heavy (non-hydrogen) atoms. The van der Waals surface area contributed by atoms with Gasteiger partial charge in [-0.25, -0.2) is 21.1 Å². The van der Waals surface area contributed by atoms with Crippen LogP contribution in [-0.2, 0) is 19.9 Å². The van der Waals surface area contributed by atoms with Crippen LogP contribution in [0.4, 0.5) is 0 Å². The van der Waals surface area contributed by atoms with Crippen molar-refractivity contribution in [1.82, 2.24) is 4.31 Å². The van der Waals surface area contributed by atoms with Gasteiger partial charge in [0.25, 0.3) is 0 Å². The molecule has 0 amide bonds. The average molecular weight is 315 g/mol. The van der Waals surface area contributed by atoms with E-state index >= 15 is 0 Å². The molecule has 1 aliphatic heterocycles. The molecule has 7 heteroatoms. The molecule has 2 aliphatic rings. The number of rotatable bonds is 4. The van der Waals surface area contributed by atoms with Gasteiger partial charge in [-0.15, -0.1) is 0 Å². The summed E-state index contributed by atoms with van der Waals surface area (Å²) >= 11 is 0. The molecule has 1 aromatic rings. The maximum atomic E-state index is 12.5. The van der Waals surface area contributed by atoms with E-state index in [0.29, 0.717) is 25.8 Å². The highest BCUT2D eigenvalue weighted by Gasteiger charge is 2.45. The maximum absolute atomic E-state index is 12.5. The van der Waals surface area contributed by atoms with Crippen molar-refractivity contribution in [2.45, 2.75) is 34.7 Å². The molecular weight excluding hydrogens is 298 g/mol. The van der Waals surface area contributed by atoms with Gasteiger partial charge in [0, 0.05) is 13.1 Å². The summed E-state index contributed by atoms with van der Waals surface area (Å²) in [6.07, 6.45) is 1.78. The molecule has 0 spiro atoms. The topological polar surface area (TPSA) is 71.5 Å². The van der Waals surface area contributed by atoms with Gasteiger partial charge in [0.1, 0.15) is 0 Å². The van der Waals surface area contributed by atoms with Crippen LogP contribution in [0, 0.1) is 0 Å². The van der Waals surface area contributed by atoms with Gasteiger partial charge in [-0.2, -0.15) is 0 Å². The van der Waals surface area contributed by atoms with Crippen molar-refractivity contribution in [3.63, 3.8) is 0 Å². The molecule has 1 unspecified atom stereocenters. The number of sulfone groups is 1. The Labute approximate surface area is 119 Å². The van der Waals surface area contributed by atoms with E-state index in [9.17, 15) is 16.8 Å². The fourth-order valence-corrected chi connectivity index (χ4v) is 6.27. The number of hydrogen-bond donors (Lipinski definition) is 0. The summed E-state index contributed by atoms with van der Waals surface area (Å²) in [6.45, 7) is 0.408. The van der Waals surface area contributed by atoms with E-state index in [1.807, 2.05) is 0 Å². The van der Waals surface area contributed by atoms with Gasteiger partial charge in [-0.3, -0.25) is 0 Å². The van der Waals surface area contributed by atoms with Crippen molar-refractivity contribution in [2.24, 2.45) is 0 Å². The van der Waals surface area contributed by atoms with Crippen LogP contribution in [-0.4, -0.2) is 44.7 Å². The Morgan fingerprint density at radius 1 is 0.900 bits per heavy atom. The standard InChI is InChI=1S/C13H17NO4S2/c15-19(16,11-4-2-1-3-5-11)13-8-9-14(10-13)20(17,18)12-6-7-12/h1-5,12-13H,6-10H2. The second kappa shape index (κ2) is 4.82. The first-order valence-electron chi connectivity index (χ1n) is 6.70. The Kier molecular flexibility index (Phi) is 3.38. The van der Waals surface area contributed by atoms with Crippen LogP contribution >= 0.6 is 0 Å². The Morgan fingerprint density at radius 3 is 2.15 bits per heavy atom. The van der Waals surface area contributed by atoms with E-state index in [1.54, 1.807) is 30.3 Å². The van der Waals surface area contributed by atoms with E-state index in [2.05, 4.69) is 0 Å². The Hall–Kier alpha value is -0.920. The third-order valence-electron chi connectivity index (χ3n) is 3.92. The summed E-state index contributed by atoms with van der Waals surface area (Å²) in [6, 6.07) is 8.25. The molecule has 1 aromatic carbocycles. The molecular formula is C13H17NO4S2.